The van der Waals surface area contributed by atoms with Crippen LogP contribution in [0, 0.1) is 16.7 Å². The highest BCUT2D eigenvalue weighted by molar-refractivity contribution is 7.07. The molecular formula is C21H17N5O2S. The van der Waals surface area contributed by atoms with Gasteiger partial charge in [0.1, 0.15) is 16.3 Å². The summed E-state index contributed by atoms with van der Waals surface area (Å²) < 4.78 is 7.55. The third-order valence-electron chi connectivity index (χ3n) is 4.28. The second-order valence-corrected chi connectivity index (χ2v) is 7.08. The Bertz CT molecular complexity index is 1370. The number of rotatable bonds is 4. The Balaban J connectivity index is 2.13. The van der Waals surface area contributed by atoms with Crippen molar-refractivity contribution in [3.63, 3.8) is 0 Å². The second-order valence-electron chi connectivity index (χ2n) is 6.08. The molecule has 0 fully saturated rings. The average molecular weight is 403 g/mol. The van der Waals surface area contributed by atoms with Gasteiger partial charge in [0, 0.05) is 5.69 Å². The van der Waals surface area contributed by atoms with E-state index in [1.165, 1.54) is 0 Å². The molecule has 0 aliphatic carbocycles. The van der Waals surface area contributed by atoms with Crippen LogP contribution >= 0.6 is 11.3 Å². The second kappa shape index (κ2) is 7.66. The molecule has 0 spiro atoms. The van der Waals surface area contributed by atoms with Crippen molar-refractivity contribution in [2.75, 3.05) is 6.61 Å². The van der Waals surface area contributed by atoms with E-state index in [-0.39, 0.29) is 28.1 Å². The number of hydrogen-bond donors (Lipinski definition) is 3. The Kier molecular flexibility index (Phi) is 4.89. The predicted molar refractivity (Wildman–Crippen MR) is 111 cm³/mol. The van der Waals surface area contributed by atoms with Crippen LogP contribution in [0.5, 0.6) is 0 Å². The van der Waals surface area contributed by atoms with Crippen molar-refractivity contribution in [3.05, 3.63) is 75.1 Å². The van der Waals surface area contributed by atoms with Gasteiger partial charge in [-0.3, -0.25) is 9.98 Å². The highest BCUT2D eigenvalue weighted by Crippen LogP contribution is 2.15. The van der Waals surface area contributed by atoms with E-state index in [1.807, 2.05) is 54.6 Å². The van der Waals surface area contributed by atoms with Crippen molar-refractivity contribution in [2.45, 2.75) is 6.92 Å². The van der Waals surface area contributed by atoms with Crippen LogP contribution in [-0.2, 0) is 4.74 Å². The number of aliphatic hydroxyl groups excluding tert-OH is 1. The highest BCUT2D eigenvalue weighted by Gasteiger charge is 2.16. The third-order valence-corrected chi connectivity index (χ3v) is 5.43. The van der Waals surface area contributed by atoms with Gasteiger partial charge < -0.3 is 14.8 Å². The molecular weight excluding hydrogens is 386 g/mol. The number of para-hydroxylation sites is 3. The Hall–Kier alpha value is -3.83. The van der Waals surface area contributed by atoms with Crippen LogP contribution < -0.4 is 14.7 Å². The number of ether oxygens (including phenoxy) is 1. The van der Waals surface area contributed by atoms with Crippen LogP contribution in [0.25, 0.3) is 28.2 Å². The lowest BCUT2D eigenvalue weighted by Gasteiger charge is -2.03. The molecule has 0 saturated carbocycles. The van der Waals surface area contributed by atoms with E-state index in [0.29, 0.717) is 16.2 Å². The summed E-state index contributed by atoms with van der Waals surface area (Å²) in [6, 6.07) is 19.0. The Labute approximate surface area is 169 Å². The van der Waals surface area contributed by atoms with Crippen LogP contribution in [0.1, 0.15) is 12.7 Å². The van der Waals surface area contributed by atoms with Crippen LogP contribution in [0.4, 0.5) is 0 Å². The fraction of sp³-hybridized carbons (Fsp3) is 0.0952. The predicted octanol–water partition coefficient (Wildman–Crippen LogP) is 2.28. The minimum absolute atomic E-state index is 0.0333. The molecule has 7 nitrogen and oxygen atoms in total. The molecule has 2 aromatic heterocycles. The molecule has 3 N–H and O–H groups in total. The van der Waals surface area contributed by atoms with Crippen LogP contribution in [0.15, 0.2) is 54.6 Å². The zero-order chi connectivity index (χ0) is 20.4. The summed E-state index contributed by atoms with van der Waals surface area (Å²) in [6.07, 6.45) is 0. The number of imidazole rings is 1. The van der Waals surface area contributed by atoms with E-state index in [9.17, 15) is 10.4 Å². The molecule has 0 amide bonds. The minimum atomic E-state index is -0.333. The SMILES string of the molecule is CCOC(O)=c1s/c(=C(\C#N)c2nc3ccccc3[nH]2)n(-c2ccccc2)c1=N. The lowest BCUT2D eigenvalue weighted by Crippen LogP contribution is -2.32. The zero-order valence-electron chi connectivity index (χ0n) is 15.5. The summed E-state index contributed by atoms with van der Waals surface area (Å²) in [6.45, 7) is 2.02. The molecule has 0 bridgehead atoms. The van der Waals surface area contributed by atoms with E-state index >= 15 is 0 Å². The standard InChI is InChI=1S/C21H17N5O2S/c1-2-28-21(27)17-18(23)26(13-8-4-3-5-9-13)20(29-17)14(12-22)19-24-15-10-6-7-11-16(15)25-19/h3-11,23,27H,2H2,1H3,(H,24,25)/b20-14+,21-17?,23-18?. The lowest BCUT2D eigenvalue weighted by atomic mass is 10.3. The fourth-order valence-corrected chi connectivity index (χ4v) is 4.06. The van der Waals surface area contributed by atoms with Gasteiger partial charge in [-0.2, -0.15) is 5.26 Å². The van der Waals surface area contributed by atoms with Gasteiger partial charge in [-0.25, -0.2) is 4.98 Å². The van der Waals surface area contributed by atoms with Crippen molar-refractivity contribution in [1.29, 1.82) is 10.7 Å². The summed E-state index contributed by atoms with van der Waals surface area (Å²) in [5.74, 6) is 0.0717. The van der Waals surface area contributed by atoms with Crippen molar-refractivity contribution >= 4 is 33.9 Å². The maximum absolute atomic E-state index is 10.3. The summed E-state index contributed by atoms with van der Waals surface area (Å²) in [5.41, 5.74) is 2.56. The molecule has 29 heavy (non-hydrogen) atoms. The summed E-state index contributed by atoms with van der Waals surface area (Å²) in [7, 11) is 0. The summed E-state index contributed by atoms with van der Waals surface area (Å²) >= 11 is 1.11. The first-order chi connectivity index (χ1) is 14.1. The van der Waals surface area contributed by atoms with Crippen molar-refractivity contribution < 1.29 is 9.84 Å². The first kappa shape index (κ1) is 18.5. The maximum Gasteiger partial charge on any atom is 0.298 e. The Morgan fingerprint density at radius 2 is 1.97 bits per heavy atom. The monoisotopic (exact) mass is 403 g/mol. The Morgan fingerprint density at radius 1 is 1.24 bits per heavy atom. The van der Waals surface area contributed by atoms with E-state index in [2.05, 4.69) is 16.0 Å². The molecule has 4 rings (SSSR count). The van der Waals surface area contributed by atoms with E-state index in [1.54, 1.807) is 11.5 Å². The summed E-state index contributed by atoms with van der Waals surface area (Å²) in [4.78, 5) is 7.70. The number of nitrogens with one attached hydrogen (secondary N) is 2. The number of nitriles is 1. The summed E-state index contributed by atoms with van der Waals surface area (Å²) in [5, 5.41) is 28.8. The molecule has 0 atom stereocenters. The number of hydrogen-bond acceptors (Lipinski definition) is 6. The number of fused-ring (bicyclic) bond motifs is 1. The van der Waals surface area contributed by atoms with Crippen LogP contribution in [-0.4, -0.2) is 26.2 Å². The van der Waals surface area contributed by atoms with Gasteiger partial charge in [0.05, 0.1) is 17.6 Å². The van der Waals surface area contributed by atoms with E-state index in [4.69, 9.17) is 10.1 Å². The number of thiazole rings is 1. The topological polar surface area (TPSA) is 111 Å². The quantitative estimate of drug-likeness (QED) is 0.485. The molecule has 0 aliphatic rings. The maximum atomic E-state index is 10.3. The number of H-pyrrole nitrogens is 1. The number of aromatic nitrogens is 3. The van der Waals surface area contributed by atoms with E-state index in [0.717, 1.165) is 22.4 Å². The molecule has 4 aromatic rings. The van der Waals surface area contributed by atoms with Crippen molar-refractivity contribution in [1.82, 2.24) is 14.5 Å². The number of nitrogens with zero attached hydrogens (tertiary/aromatic N) is 3. The minimum Gasteiger partial charge on any atom is -0.480 e. The van der Waals surface area contributed by atoms with Gasteiger partial charge in [-0.15, -0.1) is 11.3 Å². The molecule has 2 aromatic carbocycles. The van der Waals surface area contributed by atoms with Gasteiger partial charge in [0.25, 0.3) is 5.95 Å². The lowest BCUT2D eigenvalue weighted by molar-refractivity contribution is 0.190. The Morgan fingerprint density at radius 3 is 2.66 bits per heavy atom. The van der Waals surface area contributed by atoms with Gasteiger partial charge in [0.15, 0.2) is 15.8 Å². The molecule has 0 aliphatic heterocycles. The van der Waals surface area contributed by atoms with Crippen LogP contribution in [0.2, 0.25) is 0 Å². The molecule has 144 valence electrons. The first-order valence-corrected chi connectivity index (χ1v) is 9.73. The number of aromatic amines is 1. The molecule has 0 saturated heterocycles. The smallest absolute Gasteiger partial charge is 0.298 e. The molecule has 0 unspecified atom stereocenters. The third kappa shape index (κ3) is 3.28. The van der Waals surface area contributed by atoms with Gasteiger partial charge in [0.2, 0.25) is 0 Å². The molecule has 0 radical (unpaired) electrons. The molecule has 2 heterocycles. The fourth-order valence-electron chi connectivity index (χ4n) is 3.00. The van der Waals surface area contributed by atoms with Crippen molar-refractivity contribution in [3.8, 4) is 11.8 Å². The van der Waals surface area contributed by atoms with Crippen molar-refractivity contribution in [2.24, 2.45) is 0 Å². The highest BCUT2D eigenvalue weighted by atomic mass is 32.1. The molecule has 8 heteroatoms. The normalized spacial score (nSPS) is 13.1. The largest absolute Gasteiger partial charge is 0.480 e. The number of aliphatic hydroxyl groups is 1. The van der Waals surface area contributed by atoms with Gasteiger partial charge >= 0.3 is 0 Å². The number of benzene rings is 2. The average Bonchev–Trinajstić information content (AvgIpc) is 3.31. The first-order valence-electron chi connectivity index (χ1n) is 8.91. The zero-order valence-corrected chi connectivity index (χ0v) is 16.3. The van der Waals surface area contributed by atoms with Crippen LogP contribution in [0.3, 0.4) is 0 Å². The van der Waals surface area contributed by atoms with E-state index < -0.39 is 0 Å². The van der Waals surface area contributed by atoms with Gasteiger partial charge in [-0.05, 0) is 31.2 Å². The van der Waals surface area contributed by atoms with Gasteiger partial charge in [-0.1, -0.05) is 30.3 Å².